The molecule has 2 amide bonds. The van der Waals surface area contributed by atoms with Crippen LogP contribution in [0.25, 0.3) is 0 Å². The first-order chi connectivity index (χ1) is 8.00. The number of nitrogens with one attached hydrogen (secondary N) is 1. The summed E-state index contributed by atoms with van der Waals surface area (Å²) in [6, 6.07) is 0.0330. The van der Waals surface area contributed by atoms with Gasteiger partial charge in [-0.05, 0) is 25.2 Å². The molecule has 0 aromatic heterocycles. The van der Waals surface area contributed by atoms with Gasteiger partial charge in [-0.25, -0.2) is 4.79 Å². The molecule has 1 aliphatic heterocycles. The molecule has 0 saturated carbocycles. The Balaban J connectivity index is 2.22. The normalized spacial score (nSPS) is 24.2. The monoisotopic (exact) mass is 260 g/mol. The standard InChI is InChI=1S/C12H24N2O2S/c1-10-5-4-8-14(9-10)12(15)13-7-6-11(2)17(3)16/h10-11H,4-9H2,1-3H3,(H,13,15)/t10-,11-,17+/m1/s1. The SMILES string of the molecule is C[C@@H]1CCCN(C(=O)NCC[C@@H](C)[S@](C)=O)C1. The highest BCUT2D eigenvalue weighted by Gasteiger charge is 2.20. The van der Waals surface area contributed by atoms with Crippen molar-refractivity contribution in [3.63, 3.8) is 0 Å². The van der Waals surface area contributed by atoms with Gasteiger partial charge in [-0.1, -0.05) is 13.8 Å². The molecule has 1 heterocycles. The second-order valence-corrected chi connectivity index (χ2v) is 6.83. The zero-order chi connectivity index (χ0) is 12.8. The first-order valence-corrected chi connectivity index (χ1v) is 7.98. The molecule has 0 aromatic carbocycles. The fourth-order valence-corrected chi connectivity index (χ4v) is 2.48. The highest BCUT2D eigenvalue weighted by Crippen LogP contribution is 2.15. The number of rotatable bonds is 4. The average molecular weight is 260 g/mol. The average Bonchev–Trinajstić information content (AvgIpc) is 2.28. The fraction of sp³-hybridized carbons (Fsp3) is 0.917. The van der Waals surface area contributed by atoms with Crippen LogP contribution >= 0.6 is 0 Å². The third-order valence-electron chi connectivity index (χ3n) is 3.34. The van der Waals surface area contributed by atoms with E-state index in [0.29, 0.717) is 12.5 Å². The van der Waals surface area contributed by atoms with Crippen molar-refractivity contribution in [2.75, 3.05) is 25.9 Å². The maximum absolute atomic E-state index is 11.8. The third kappa shape index (κ3) is 5.06. The number of amides is 2. The second-order valence-electron chi connectivity index (χ2n) is 5.02. The lowest BCUT2D eigenvalue weighted by Crippen LogP contribution is -2.45. The Labute approximate surface area is 107 Å². The van der Waals surface area contributed by atoms with E-state index in [-0.39, 0.29) is 11.3 Å². The van der Waals surface area contributed by atoms with Gasteiger partial charge in [-0.2, -0.15) is 0 Å². The van der Waals surface area contributed by atoms with E-state index in [2.05, 4.69) is 12.2 Å². The van der Waals surface area contributed by atoms with Crippen LogP contribution in [0.5, 0.6) is 0 Å². The van der Waals surface area contributed by atoms with Gasteiger partial charge < -0.3 is 10.2 Å². The van der Waals surface area contributed by atoms with Crippen molar-refractivity contribution in [2.24, 2.45) is 5.92 Å². The Morgan fingerprint density at radius 3 is 2.88 bits per heavy atom. The van der Waals surface area contributed by atoms with Crippen molar-refractivity contribution >= 4 is 16.8 Å². The Hall–Kier alpha value is -0.580. The molecule has 1 rings (SSSR count). The molecular weight excluding hydrogens is 236 g/mol. The number of hydrogen-bond donors (Lipinski definition) is 1. The number of carbonyl (C=O) groups is 1. The van der Waals surface area contributed by atoms with Crippen LogP contribution in [0.3, 0.4) is 0 Å². The molecule has 1 fully saturated rings. The van der Waals surface area contributed by atoms with Crippen LogP contribution in [0.2, 0.25) is 0 Å². The Kier molecular flexibility index (Phi) is 5.95. The van der Waals surface area contributed by atoms with Crippen molar-refractivity contribution in [3.8, 4) is 0 Å². The van der Waals surface area contributed by atoms with E-state index >= 15 is 0 Å². The Bertz CT molecular complexity index is 284. The molecule has 0 spiro atoms. The first kappa shape index (κ1) is 14.5. The highest BCUT2D eigenvalue weighted by molar-refractivity contribution is 7.84. The van der Waals surface area contributed by atoms with E-state index in [4.69, 9.17) is 0 Å². The number of nitrogens with zero attached hydrogens (tertiary/aromatic N) is 1. The zero-order valence-electron chi connectivity index (χ0n) is 11.1. The van der Waals surface area contributed by atoms with Gasteiger partial charge in [0.15, 0.2) is 0 Å². The fourth-order valence-electron chi connectivity index (χ4n) is 2.03. The van der Waals surface area contributed by atoms with Crippen LogP contribution in [0.1, 0.15) is 33.1 Å². The Morgan fingerprint density at radius 1 is 1.59 bits per heavy atom. The molecule has 0 radical (unpaired) electrons. The molecule has 0 unspecified atom stereocenters. The van der Waals surface area contributed by atoms with E-state index in [1.807, 2.05) is 11.8 Å². The maximum Gasteiger partial charge on any atom is 0.317 e. The first-order valence-electron chi connectivity index (χ1n) is 6.35. The molecule has 1 saturated heterocycles. The van der Waals surface area contributed by atoms with Crippen molar-refractivity contribution in [2.45, 2.75) is 38.4 Å². The van der Waals surface area contributed by atoms with E-state index in [1.165, 1.54) is 6.42 Å². The van der Waals surface area contributed by atoms with Gasteiger partial charge in [-0.3, -0.25) is 4.21 Å². The van der Waals surface area contributed by atoms with E-state index < -0.39 is 10.8 Å². The molecule has 4 nitrogen and oxygen atoms in total. The van der Waals surface area contributed by atoms with E-state index in [9.17, 15) is 9.00 Å². The lowest BCUT2D eigenvalue weighted by atomic mass is 10.0. The number of likely N-dealkylation sites (tertiary alicyclic amines) is 1. The summed E-state index contributed by atoms with van der Waals surface area (Å²) >= 11 is 0. The van der Waals surface area contributed by atoms with E-state index in [1.54, 1.807) is 6.26 Å². The number of carbonyl (C=O) groups excluding carboxylic acids is 1. The van der Waals surface area contributed by atoms with Crippen LogP contribution in [-0.2, 0) is 10.8 Å². The molecule has 0 aliphatic carbocycles. The van der Waals surface area contributed by atoms with Gasteiger partial charge in [0, 0.05) is 41.9 Å². The van der Waals surface area contributed by atoms with Crippen LogP contribution in [0.15, 0.2) is 0 Å². The molecular formula is C12H24N2O2S. The van der Waals surface area contributed by atoms with Gasteiger partial charge >= 0.3 is 6.03 Å². The van der Waals surface area contributed by atoms with Crippen molar-refractivity contribution < 1.29 is 9.00 Å². The van der Waals surface area contributed by atoms with Gasteiger partial charge in [0.05, 0.1) is 0 Å². The number of hydrogen-bond acceptors (Lipinski definition) is 2. The predicted molar refractivity (Wildman–Crippen MR) is 71.5 cm³/mol. The van der Waals surface area contributed by atoms with E-state index in [0.717, 1.165) is 25.9 Å². The van der Waals surface area contributed by atoms with Gasteiger partial charge in [-0.15, -0.1) is 0 Å². The molecule has 1 N–H and O–H groups in total. The summed E-state index contributed by atoms with van der Waals surface area (Å²) < 4.78 is 11.2. The topological polar surface area (TPSA) is 49.4 Å². The molecule has 0 aromatic rings. The van der Waals surface area contributed by atoms with Gasteiger partial charge in [0.2, 0.25) is 0 Å². The summed E-state index contributed by atoms with van der Waals surface area (Å²) in [7, 11) is -0.800. The molecule has 1 aliphatic rings. The minimum atomic E-state index is -0.800. The highest BCUT2D eigenvalue weighted by atomic mass is 32.2. The molecule has 5 heteroatoms. The van der Waals surface area contributed by atoms with Gasteiger partial charge in [0.1, 0.15) is 0 Å². The molecule has 3 atom stereocenters. The minimum absolute atomic E-state index is 0.0330. The predicted octanol–water partition coefficient (Wildman–Crippen LogP) is 1.58. The minimum Gasteiger partial charge on any atom is -0.338 e. The quantitative estimate of drug-likeness (QED) is 0.834. The summed E-state index contributed by atoms with van der Waals surface area (Å²) in [6.07, 6.45) is 4.80. The molecule has 17 heavy (non-hydrogen) atoms. The lowest BCUT2D eigenvalue weighted by molar-refractivity contribution is 0.170. The number of urea groups is 1. The van der Waals surface area contributed by atoms with Crippen LogP contribution in [-0.4, -0.2) is 46.3 Å². The third-order valence-corrected chi connectivity index (χ3v) is 4.71. The summed E-state index contributed by atoms with van der Waals surface area (Å²) in [5.41, 5.74) is 0. The van der Waals surface area contributed by atoms with Crippen molar-refractivity contribution in [1.29, 1.82) is 0 Å². The lowest BCUT2D eigenvalue weighted by Gasteiger charge is -2.31. The number of piperidine rings is 1. The maximum atomic E-state index is 11.8. The summed E-state index contributed by atoms with van der Waals surface area (Å²) in [6.45, 7) is 6.48. The van der Waals surface area contributed by atoms with Crippen molar-refractivity contribution in [1.82, 2.24) is 10.2 Å². The summed E-state index contributed by atoms with van der Waals surface area (Å²) in [4.78, 5) is 13.7. The summed E-state index contributed by atoms with van der Waals surface area (Å²) in [5, 5.41) is 3.06. The van der Waals surface area contributed by atoms with Crippen molar-refractivity contribution in [3.05, 3.63) is 0 Å². The summed E-state index contributed by atoms with van der Waals surface area (Å²) in [5.74, 6) is 0.608. The zero-order valence-corrected chi connectivity index (χ0v) is 11.9. The molecule has 100 valence electrons. The van der Waals surface area contributed by atoms with Gasteiger partial charge in [0.25, 0.3) is 0 Å². The smallest absolute Gasteiger partial charge is 0.317 e. The second kappa shape index (κ2) is 6.99. The van der Waals surface area contributed by atoms with Crippen LogP contribution in [0.4, 0.5) is 4.79 Å². The largest absolute Gasteiger partial charge is 0.338 e. The van der Waals surface area contributed by atoms with Crippen LogP contribution in [0, 0.1) is 5.92 Å². The Morgan fingerprint density at radius 2 is 2.29 bits per heavy atom. The molecule has 0 bridgehead atoms. The van der Waals surface area contributed by atoms with Crippen LogP contribution < -0.4 is 5.32 Å².